The highest BCUT2D eigenvalue weighted by molar-refractivity contribution is 7.13. The van der Waals surface area contributed by atoms with Gasteiger partial charge in [0.15, 0.2) is 0 Å². The highest BCUT2D eigenvalue weighted by Gasteiger charge is 2.22. The number of carbonyl (C=O) groups is 2. The molecule has 1 atom stereocenters. The summed E-state index contributed by atoms with van der Waals surface area (Å²) in [6, 6.07) is 5.04. The Kier molecular flexibility index (Phi) is 5.44. The highest BCUT2D eigenvalue weighted by Crippen LogP contribution is 2.22. The van der Waals surface area contributed by atoms with Gasteiger partial charge in [-0.15, -0.1) is 11.3 Å². The Hall–Kier alpha value is -2.28. The predicted molar refractivity (Wildman–Crippen MR) is 84.8 cm³/mol. The van der Waals surface area contributed by atoms with E-state index in [1.807, 2.05) is 6.92 Å². The van der Waals surface area contributed by atoms with E-state index in [0.29, 0.717) is 16.1 Å². The van der Waals surface area contributed by atoms with Crippen molar-refractivity contribution in [2.75, 3.05) is 7.11 Å². The maximum atomic E-state index is 13.1. The normalized spacial score (nSPS) is 11.8. The minimum absolute atomic E-state index is 0.0370. The predicted octanol–water partition coefficient (Wildman–Crippen LogP) is 2.93. The number of hydrogen-bond acceptors (Lipinski definition) is 5. The molecule has 0 aliphatic carbocycles. The van der Waals surface area contributed by atoms with Gasteiger partial charge in [0.25, 0.3) is 5.91 Å². The number of ether oxygens (including phenoxy) is 1. The van der Waals surface area contributed by atoms with Crippen LogP contribution in [0.2, 0.25) is 0 Å². The fourth-order valence-electron chi connectivity index (χ4n) is 2.16. The quantitative estimate of drug-likeness (QED) is 0.853. The minimum atomic E-state index is -0.600. The molecule has 1 heterocycles. The first kappa shape index (κ1) is 17.1. The smallest absolute Gasteiger partial charge is 0.307 e. The van der Waals surface area contributed by atoms with Gasteiger partial charge in [0.2, 0.25) is 0 Å². The van der Waals surface area contributed by atoms with Gasteiger partial charge in [0, 0.05) is 0 Å². The summed E-state index contributed by atoms with van der Waals surface area (Å²) in [6.07, 6.45) is -0.0370. The lowest BCUT2D eigenvalue weighted by molar-refractivity contribution is -0.141. The van der Waals surface area contributed by atoms with Crippen molar-refractivity contribution in [1.82, 2.24) is 10.3 Å². The van der Waals surface area contributed by atoms with E-state index in [1.165, 1.54) is 42.7 Å². The van der Waals surface area contributed by atoms with E-state index in [-0.39, 0.29) is 18.1 Å². The monoisotopic (exact) mass is 336 g/mol. The summed E-state index contributed by atoms with van der Waals surface area (Å²) in [5.74, 6) is -1.16. The Bertz CT molecular complexity index is 713. The van der Waals surface area contributed by atoms with Gasteiger partial charge in [0.1, 0.15) is 10.7 Å². The van der Waals surface area contributed by atoms with Crippen LogP contribution in [-0.4, -0.2) is 24.0 Å². The molecule has 0 bridgehead atoms. The van der Waals surface area contributed by atoms with Crippen molar-refractivity contribution >= 4 is 23.2 Å². The number of aryl methyl sites for hydroxylation is 2. The molecule has 0 fully saturated rings. The molecule has 7 heteroatoms. The summed E-state index contributed by atoms with van der Waals surface area (Å²) in [4.78, 5) is 28.7. The summed E-state index contributed by atoms with van der Waals surface area (Å²) >= 11 is 1.29. The number of benzene rings is 1. The van der Waals surface area contributed by atoms with Crippen molar-refractivity contribution in [2.24, 2.45) is 0 Å². The molecule has 1 N–H and O–H groups in total. The molecule has 0 radical (unpaired) electrons. The fourth-order valence-corrected chi connectivity index (χ4v) is 2.99. The van der Waals surface area contributed by atoms with Gasteiger partial charge in [0.05, 0.1) is 30.3 Å². The largest absolute Gasteiger partial charge is 0.469 e. The van der Waals surface area contributed by atoms with Crippen molar-refractivity contribution in [2.45, 2.75) is 26.3 Å². The van der Waals surface area contributed by atoms with Gasteiger partial charge in [-0.3, -0.25) is 9.59 Å². The van der Waals surface area contributed by atoms with Crippen LogP contribution in [0.3, 0.4) is 0 Å². The second-order valence-corrected chi connectivity index (χ2v) is 6.21. The number of methoxy groups -OCH3 is 1. The van der Waals surface area contributed by atoms with Crippen LogP contribution in [0.5, 0.6) is 0 Å². The third-order valence-electron chi connectivity index (χ3n) is 3.29. The van der Waals surface area contributed by atoms with Crippen LogP contribution in [0, 0.1) is 19.7 Å². The van der Waals surface area contributed by atoms with Gasteiger partial charge in [-0.05, 0) is 31.5 Å². The molecule has 122 valence electrons. The first-order chi connectivity index (χ1) is 10.9. The zero-order chi connectivity index (χ0) is 17.0. The van der Waals surface area contributed by atoms with E-state index in [0.717, 1.165) is 5.01 Å². The van der Waals surface area contributed by atoms with Crippen LogP contribution in [0.25, 0.3) is 0 Å². The summed E-state index contributed by atoms with van der Waals surface area (Å²) in [5, 5.41) is 3.59. The molecular weight excluding hydrogens is 319 g/mol. The molecule has 2 aromatic rings. The maximum absolute atomic E-state index is 13.1. The molecular formula is C16H17FN2O3S. The Morgan fingerprint density at radius 1 is 1.30 bits per heavy atom. The van der Waals surface area contributed by atoms with Crippen LogP contribution in [0.15, 0.2) is 24.3 Å². The molecule has 1 aromatic carbocycles. The van der Waals surface area contributed by atoms with E-state index < -0.39 is 12.0 Å². The molecule has 0 aliphatic rings. The molecule has 2 rings (SSSR count). The third kappa shape index (κ3) is 4.35. The van der Waals surface area contributed by atoms with E-state index >= 15 is 0 Å². The van der Waals surface area contributed by atoms with Crippen LogP contribution >= 0.6 is 11.3 Å². The van der Waals surface area contributed by atoms with E-state index in [4.69, 9.17) is 0 Å². The van der Waals surface area contributed by atoms with Crippen molar-refractivity contribution in [1.29, 1.82) is 0 Å². The highest BCUT2D eigenvalue weighted by atomic mass is 32.1. The Labute approximate surface area is 137 Å². The van der Waals surface area contributed by atoms with Crippen LogP contribution in [0.1, 0.15) is 38.4 Å². The molecule has 0 saturated heterocycles. The number of thiazole rings is 1. The summed E-state index contributed by atoms with van der Waals surface area (Å²) < 4.78 is 17.7. The fraction of sp³-hybridized carbons (Fsp3) is 0.312. The van der Waals surface area contributed by atoms with Crippen molar-refractivity contribution in [3.63, 3.8) is 0 Å². The molecule has 23 heavy (non-hydrogen) atoms. The van der Waals surface area contributed by atoms with Gasteiger partial charge in [-0.2, -0.15) is 0 Å². The summed E-state index contributed by atoms with van der Waals surface area (Å²) in [7, 11) is 1.28. The number of halogens is 1. The Balaban J connectivity index is 2.23. The second-order valence-electron chi connectivity index (χ2n) is 5.01. The van der Waals surface area contributed by atoms with Crippen molar-refractivity contribution in [3.8, 4) is 0 Å². The minimum Gasteiger partial charge on any atom is -0.469 e. The average Bonchev–Trinajstić information content (AvgIpc) is 2.86. The Morgan fingerprint density at radius 2 is 1.96 bits per heavy atom. The summed E-state index contributed by atoms with van der Waals surface area (Å²) in [6.45, 7) is 3.58. The summed E-state index contributed by atoms with van der Waals surface area (Å²) in [5.41, 5.74) is 1.27. The molecule has 0 aliphatic heterocycles. The number of aromatic nitrogens is 1. The molecule has 0 saturated carbocycles. The molecule has 1 amide bonds. The molecule has 0 spiro atoms. The van der Waals surface area contributed by atoms with Gasteiger partial charge >= 0.3 is 5.97 Å². The standard InChI is InChI=1S/C16H17FN2O3S/c1-9-15(23-10(2)18-9)16(21)19-13(8-14(20)22-3)11-4-6-12(17)7-5-11/h4-7,13H,8H2,1-3H3,(H,19,21)/t13-/m1/s1. The SMILES string of the molecule is COC(=O)C[C@@H](NC(=O)c1sc(C)nc1C)c1ccc(F)cc1. The number of hydrogen-bond donors (Lipinski definition) is 1. The first-order valence-corrected chi connectivity index (χ1v) is 7.79. The zero-order valence-corrected chi connectivity index (χ0v) is 13.9. The topological polar surface area (TPSA) is 68.3 Å². The number of amides is 1. The second kappa shape index (κ2) is 7.32. The van der Waals surface area contributed by atoms with Crippen LogP contribution in [-0.2, 0) is 9.53 Å². The van der Waals surface area contributed by atoms with Crippen LogP contribution in [0.4, 0.5) is 4.39 Å². The van der Waals surface area contributed by atoms with Crippen molar-refractivity contribution < 1.29 is 18.7 Å². The first-order valence-electron chi connectivity index (χ1n) is 6.98. The zero-order valence-electron chi connectivity index (χ0n) is 13.1. The Morgan fingerprint density at radius 3 is 2.48 bits per heavy atom. The average molecular weight is 336 g/mol. The number of rotatable bonds is 5. The van der Waals surface area contributed by atoms with Gasteiger partial charge in [-0.1, -0.05) is 12.1 Å². The lowest BCUT2D eigenvalue weighted by Gasteiger charge is -2.18. The number of esters is 1. The van der Waals surface area contributed by atoms with E-state index in [2.05, 4.69) is 15.0 Å². The number of nitrogens with zero attached hydrogens (tertiary/aromatic N) is 1. The molecule has 5 nitrogen and oxygen atoms in total. The van der Waals surface area contributed by atoms with Crippen molar-refractivity contribution in [3.05, 3.63) is 51.2 Å². The maximum Gasteiger partial charge on any atom is 0.307 e. The van der Waals surface area contributed by atoms with Gasteiger partial charge < -0.3 is 10.1 Å². The lowest BCUT2D eigenvalue weighted by atomic mass is 10.0. The van der Waals surface area contributed by atoms with Crippen LogP contribution < -0.4 is 5.32 Å². The lowest BCUT2D eigenvalue weighted by Crippen LogP contribution is -2.30. The number of nitrogens with one attached hydrogen (secondary N) is 1. The van der Waals surface area contributed by atoms with E-state index in [9.17, 15) is 14.0 Å². The number of carbonyl (C=O) groups excluding carboxylic acids is 2. The molecule has 0 unspecified atom stereocenters. The third-order valence-corrected chi connectivity index (χ3v) is 4.36. The molecule has 1 aromatic heterocycles. The van der Waals surface area contributed by atoms with Gasteiger partial charge in [-0.25, -0.2) is 9.37 Å². The van der Waals surface area contributed by atoms with E-state index in [1.54, 1.807) is 6.92 Å².